The monoisotopic (exact) mass is 249 g/mol. The molecule has 18 heavy (non-hydrogen) atoms. The van der Waals surface area contributed by atoms with Crippen LogP contribution in [-0.4, -0.2) is 12.6 Å². The van der Waals surface area contributed by atoms with Crippen molar-refractivity contribution in [3.8, 4) is 0 Å². The molecule has 1 aromatic carbocycles. The van der Waals surface area contributed by atoms with E-state index in [0.717, 1.165) is 12.0 Å². The zero-order valence-corrected chi connectivity index (χ0v) is 11.5. The summed E-state index contributed by atoms with van der Waals surface area (Å²) in [5, 5.41) is 0. The molecule has 2 N–H and O–H groups in total. The van der Waals surface area contributed by atoms with E-state index >= 15 is 0 Å². The lowest BCUT2D eigenvalue weighted by Gasteiger charge is -2.17. The lowest BCUT2D eigenvalue weighted by molar-refractivity contribution is -0.144. The molecule has 0 radical (unpaired) electrons. The maximum absolute atomic E-state index is 11.4. The number of rotatable bonds is 6. The molecule has 0 saturated carbocycles. The van der Waals surface area contributed by atoms with Gasteiger partial charge < -0.3 is 10.5 Å². The maximum atomic E-state index is 11.4. The summed E-state index contributed by atoms with van der Waals surface area (Å²) in [6.07, 6.45) is 1.23. The van der Waals surface area contributed by atoms with E-state index < -0.39 is 0 Å². The third kappa shape index (κ3) is 4.88. The second kappa shape index (κ2) is 7.17. The van der Waals surface area contributed by atoms with Gasteiger partial charge >= 0.3 is 5.97 Å². The highest BCUT2D eigenvalue weighted by molar-refractivity contribution is 5.69. The van der Waals surface area contributed by atoms with Crippen LogP contribution in [0.2, 0.25) is 0 Å². The molecule has 2 unspecified atom stereocenters. The highest BCUT2D eigenvalue weighted by Crippen LogP contribution is 2.21. The Bertz CT molecular complexity index is 373. The quantitative estimate of drug-likeness (QED) is 0.788. The molecule has 100 valence electrons. The molecule has 0 aliphatic heterocycles. The Morgan fingerprint density at radius 3 is 2.50 bits per heavy atom. The number of carbonyl (C=O) groups excluding carboxylic acids is 1. The van der Waals surface area contributed by atoms with Gasteiger partial charge in [0.25, 0.3) is 0 Å². The van der Waals surface area contributed by atoms with Crippen LogP contribution in [0, 0.1) is 12.8 Å². The molecular weight excluding hydrogens is 226 g/mol. The first-order valence-electron chi connectivity index (χ1n) is 6.50. The Kier molecular flexibility index (Phi) is 5.86. The highest BCUT2D eigenvalue weighted by Gasteiger charge is 2.14. The van der Waals surface area contributed by atoms with Crippen LogP contribution in [0.15, 0.2) is 24.3 Å². The second-order valence-electron chi connectivity index (χ2n) is 4.87. The standard InChI is InChI=1S/C15H23NO2/c1-4-18-15(17)10-12(3)9-14(16)13-7-5-11(2)6-8-13/h5-8,12,14H,4,9-10,16H2,1-3H3. The molecule has 0 heterocycles. The normalized spacial score (nSPS) is 14.0. The van der Waals surface area contributed by atoms with E-state index in [4.69, 9.17) is 10.5 Å². The van der Waals surface area contributed by atoms with Gasteiger partial charge in [-0.3, -0.25) is 4.79 Å². The van der Waals surface area contributed by atoms with Crippen molar-refractivity contribution < 1.29 is 9.53 Å². The summed E-state index contributed by atoms with van der Waals surface area (Å²) in [7, 11) is 0. The van der Waals surface area contributed by atoms with Crippen molar-refractivity contribution in [3.63, 3.8) is 0 Å². The van der Waals surface area contributed by atoms with Gasteiger partial charge in [0.05, 0.1) is 6.61 Å². The molecular formula is C15H23NO2. The van der Waals surface area contributed by atoms with Crippen molar-refractivity contribution in [2.75, 3.05) is 6.61 Å². The topological polar surface area (TPSA) is 52.3 Å². The molecule has 3 heteroatoms. The minimum Gasteiger partial charge on any atom is -0.466 e. The molecule has 1 aromatic rings. The lowest BCUT2D eigenvalue weighted by Crippen LogP contribution is -2.17. The first-order chi connectivity index (χ1) is 8.52. The Hall–Kier alpha value is -1.35. The maximum Gasteiger partial charge on any atom is 0.306 e. The Morgan fingerprint density at radius 2 is 1.94 bits per heavy atom. The van der Waals surface area contributed by atoms with E-state index in [1.54, 1.807) is 0 Å². The fourth-order valence-corrected chi connectivity index (χ4v) is 1.97. The van der Waals surface area contributed by atoms with E-state index in [9.17, 15) is 4.79 Å². The van der Waals surface area contributed by atoms with E-state index in [0.29, 0.717) is 13.0 Å². The lowest BCUT2D eigenvalue weighted by atomic mass is 9.94. The van der Waals surface area contributed by atoms with Crippen LogP contribution >= 0.6 is 0 Å². The van der Waals surface area contributed by atoms with Crippen molar-refractivity contribution in [2.45, 2.75) is 39.7 Å². The molecule has 0 spiro atoms. The summed E-state index contributed by atoms with van der Waals surface area (Å²) >= 11 is 0. The van der Waals surface area contributed by atoms with Gasteiger partial charge in [-0.2, -0.15) is 0 Å². The first-order valence-corrected chi connectivity index (χ1v) is 6.50. The first kappa shape index (κ1) is 14.7. The zero-order valence-electron chi connectivity index (χ0n) is 11.5. The van der Waals surface area contributed by atoms with Crippen LogP contribution in [0.4, 0.5) is 0 Å². The number of nitrogens with two attached hydrogens (primary N) is 1. The van der Waals surface area contributed by atoms with Gasteiger partial charge in [-0.1, -0.05) is 36.8 Å². The minimum absolute atomic E-state index is 0.0185. The highest BCUT2D eigenvalue weighted by atomic mass is 16.5. The van der Waals surface area contributed by atoms with Gasteiger partial charge in [0.2, 0.25) is 0 Å². The Labute approximate surface area is 109 Å². The van der Waals surface area contributed by atoms with Crippen LogP contribution < -0.4 is 5.73 Å². The number of carbonyl (C=O) groups is 1. The molecule has 3 nitrogen and oxygen atoms in total. The number of esters is 1. The van der Waals surface area contributed by atoms with Crippen LogP contribution in [0.1, 0.15) is 43.9 Å². The van der Waals surface area contributed by atoms with E-state index in [2.05, 4.69) is 31.2 Å². The Balaban J connectivity index is 2.46. The summed E-state index contributed by atoms with van der Waals surface area (Å²) in [5.74, 6) is 0.0986. The largest absolute Gasteiger partial charge is 0.466 e. The molecule has 0 fully saturated rings. The van der Waals surface area contributed by atoms with E-state index in [1.807, 2.05) is 13.8 Å². The molecule has 0 aromatic heterocycles. The van der Waals surface area contributed by atoms with Gasteiger partial charge in [0, 0.05) is 12.5 Å². The van der Waals surface area contributed by atoms with Crippen molar-refractivity contribution in [1.29, 1.82) is 0 Å². The molecule has 0 bridgehead atoms. The second-order valence-corrected chi connectivity index (χ2v) is 4.87. The number of benzene rings is 1. The van der Waals surface area contributed by atoms with Gasteiger partial charge in [0.1, 0.15) is 0 Å². The van der Waals surface area contributed by atoms with E-state index in [-0.39, 0.29) is 17.9 Å². The number of ether oxygens (including phenoxy) is 1. The number of aryl methyl sites for hydroxylation is 1. The van der Waals surface area contributed by atoms with Crippen molar-refractivity contribution in [3.05, 3.63) is 35.4 Å². The SMILES string of the molecule is CCOC(=O)CC(C)CC(N)c1ccc(C)cc1. The van der Waals surface area contributed by atoms with Crippen molar-refractivity contribution in [2.24, 2.45) is 11.7 Å². The molecule has 0 aliphatic carbocycles. The summed E-state index contributed by atoms with van der Waals surface area (Å²) in [5.41, 5.74) is 8.49. The third-order valence-corrected chi connectivity index (χ3v) is 2.98. The third-order valence-electron chi connectivity index (χ3n) is 2.98. The van der Waals surface area contributed by atoms with Gasteiger partial charge in [-0.15, -0.1) is 0 Å². The average Bonchev–Trinajstić information content (AvgIpc) is 2.29. The predicted molar refractivity (Wildman–Crippen MR) is 73.1 cm³/mol. The van der Waals surface area contributed by atoms with Gasteiger partial charge in [-0.25, -0.2) is 0 Å². The van der Waals surface area contributed by atoms with Crippen LogP contribution in [0.3, 0.4) is 0 Å². The number of hydrogen-bond acceptors (Lipinski definition) is 3. The fourth-order valence-electron chi connectivity index (χ4n) is 1.97. The smallest absolute Gasteiger partial charge is 0.306 e. The van der Waals surface area contributed by atoms with E-state index in [1.165, 1.54) is 5.56 Å². The molecule has 0 saturated heterocycles. The number of hydrogen-bond donors (Lipinski definition) is 1. The van der Waals surface area contributed by atoms with Gasteiger partial charge in [0.15, 0.2) is 0 Å². The van der Waals surface area contributed by atoms with Crippen LogP contribution in [0.25, 0.3) is 0 Å². The van der Waals surface area contributed by atoms with Gasteiger partial charge in [-0.05, 0) is 31.7 Å². The zero-order chi connectivity index (χ0) is 13.5. The summed E-state index contributed by atoms with van der Waals surface area (Å²) < 4.78 is 4.94. The van der Waals surface area contributed by atoms with Crippen LogP contribution in [-0.2, 0) is 9.53 Å². The molecule has 0 aliphatic rings. The summed E-state index contributed by atoms with van der Waals surface area (Å²) in [6, 6.07) is 8.21. The van der Waals surface area contributed by atoms with Crippen LogP contribution in [0.5, 0.6) is 0 Å². The summed E-state index contributed by atoms with van der Waals surface area (Å²) in [4.78, 5) is 11.4. The summed E-state index contributed by atoms with van der Waals surface area (Å²) in [6.45, 7) is 6.35. The van der Waals surface area contributed by atoms with Crippen molar-refractivity contribution in [1.82, 2.24) is 0 Å². The predicted octanol–water partition coefficient (Wildman–Crippen LogP) is 2.97. The van der Waals surface area contributed by atoms with Crippen molar-refractivity contribution >= 4 is 5.97 Å². The fraction of sp³-hybridized carbons (Fsp3) is 0.533. The average molecular weight is 249 g/mol. The Morgan fingerprint density at radius 1 is 1.33 bits per heavy atom. The molecule has 2 atom stereocenters. The molecule has 1 rings (SSSR count). The minimum atomic E-state index is -0.138. The molecule has 0 amide bonds.